The maximum absolute atomic E-state index is 11.6. The highest BCUT2D eigenvalue weighted by Crippen LogP contribution is 2.09. The van der Waals surface area contributed by atoms with E-state index in [1.807, 2.05) is 0 Å². The van der Waals surface area contributed by atoms with E-state index in [4.69, 9.17) is 14.2 Å². The normalized spacial score (nSPS) is 10.4. The number of hydrogen-bond donors (Lipinski definition) is 0. The van der Waals surface area contributed by atoms with Crippen LogP contribution in [-0.4, -0.2) is 36.7 Å². The molecule has 0 aromatic rings. The van der Waals surface area contributed by atoms with Gasteiger partial charge in [0.1, 0.15) is 18.8 Å². The number of esters is 3. The molecule has 0 heterocycles. The molecule has 0 spiro atoms. The van der Waals surface area contributed by atoms with E-state index in [2.05, 4.69) is 0 Å². The van der Waals surface area contributed by atoms with Crippen molar-refractivity contribution in [2.24, 2.45) is 0 Å². The Kier molecular flexibility index (Phi) is 6.82. The molecule has 19 heavy (non-hydrogen) atoms. The summed E-state index contributed by atoms with van der Waals surface area (Å²) < 4.78 is 14.6. The average molecular weight is 272 g/mol. The van der Waals surface area contributed by atoms with Crippen LogP contribution in [0.3, 0.4) is 0 Å². The minimum absolute atomic E-state index is 0.123. The Morgan fingerprint density at radius 1 is 0.947 bits per heavy atom. The van der Waals surface area contributed by atoms with Gasteiger partial charge in [0.15, 0.2) is 0 Å². The first-order valence-corrected chi connectivity index (χ1v) is 5.79. The highest BCUT2D eigenvalue weighted by molar-refractivity contribution is 5.83. The third-order valence-electron chi connectivity index (χ3n) is 1.65. The van der Waals surface area contributed by atoms with Gasteiger partial charge in [-0.2, -0.15) is 0 Å². The maximum Gasteiger partial charge on any atom is 0.331 e. The Balaban J connectivity index is 4.64. The van der Waals surface area contributed by atoms with Gasteiger partial charge in [0.25, 0.3) is 0 Å². The summed E-state index contributed by atoms with van der Waals surface area (Å²) in [6.07, 6.45) is 1.16. The van der Waals surface area contributed by atoms with Crippen LogP contribution in [0.25, 0.3) is 0 Å². The fraction of sp³-hybridized carbons (Fsp3) is 0.615. The van der Waals surface area contributed by atoms with Gasteiger partial charge in [-0.25, -0.2) is 4.79 Å². The van der Waals surface area contributed by atoms with Crippen LogP contribution in [0.5, 0.6) is 0 Å². The predicted octanol–water partition coefficient (Wildman–Crippen LogP) is 1.38. The third-order valence-corrected chi connectivity index (χ3v) is 1.65. The molecule has 0 radical (unpaired) electrons. The minimum atomic E-state index is -0.623. The summed E-state index contributed by atoms with van der Waals surface area (Å²) >= 11 is 0. The molecule has 0 unspecified atom stereocenters. The van der Waals surface area contributed by atoms with Crippen molar-refractivity contribution in [2.75, 3.05) is 13.2 Å². The van der Waals surface area contributed by atoms with E-state index in [9.17, 15) is 14.4 Å². The van der Waals surface area contributed by atoms with Gasteiger partial charge in [-0.05, 0) is 20.8 Å². The Bertz CT molecular complexity index is 355. The molecule has 0 rings (SSSR count). The fourth-order valence-electron chi connectivity index (χ4n) is 1.01. The van der Waals surface area contributed by atoms with Gasteiger partial charge in [-0.3, -0.25) is 9.59 Å². The summed E-state index contributed by atoms with van der Waals surface area (Å²) in [5.74, 6) is -1.56. The van der Waals surface area contributed by atoms with Crippen LogP contribution >= 0.6 is 0 Å². The number of carbonyl (C=O) groups excluding carboxylic acids is 3. The van der Waals surface area contributed by atoms with Gasteiger partial charge in [0.2, 0.25) is 0 Å². The Morgan fingerprint density at radius 3 is 1.68 bits per heavy atom. The highest BCUT2D eigenvalue weighted by atomic mass is 16.6. The van der Waals surface area contributed by atoms with Crippen molar-refractivity contribution < 1.29 is 28.6 Å². The first-order chi connectivity index (χ1) is 8.60. The van der Waals surface area contributed by atoms with Crippen molar-refractivity contribution in [3.8, 4) is 0 Å². The monoisotopic (exact) mass is 272 g/mol. The first kappa shape index (κ1) is 17.2. The summed E-state index contributed by atoms with van der Waals surface area (Å²) in [5, 5.41) is 0. The van der Waals surface area contributed by atoms with Gasteiger partial charge in [-0.15, -0.1) is 0 Å². The Morgan fingerprint density at radius 2 is 1.37 bits per heavy atom. The van der Waals surface area contributed by atoms with Crippen LogP contribution < -0.4 is 0 Å². The molecule has 0 N–H and O–H groups in total. The van der Waals surface area contributed by atoms with E-state index in [1.54, 1.807) is 20.8 Å². The summed E-state index contributed by atoms with van der Waals surface area (Å²) in [4.78, 5) is 33.0. The molecular weight excluding hydrogens is 252 g/mol. The average Bonchev–Trinajstić information content (AvgIpc) is 2.18. The topological polar surface area (TPSA) is 78.9 Å². The van der Waals surface area contributed by atoms with Gasteiger partial charge < -0.3 is 14.2 Å². The Hall–Kier alpha value is -1.85. The van der Waals surface area contributed by atoms with Gasteiger partial charge in [-0.1, -0.05) is 0 Å². The van der Waals surface area contributed by atoms with Crippen molar-refractivity contribution in [1.82, 2.24) is 0 Å². The lowest BCUT2D eigenvalue weighted by molar-refractivity contribution is -0.149. The largest absolute Gasteiger partial charge is 0.461 e. The number of hydrogen-bond acceptors (Lipinski definition) is 6. The molecule has 0 bridgehead atoms. The minimum Gasteiger partial charge on any atom is -0.461 e. The summed E-state index contributed by atoms with van der Waals surface area (Å²) in [7, 11) is 0. The van der Waals surface area contributed by atoms with Crippen molar-refractivity contribution in [2.45, 2.75) is 40.2 Å². The molecule has 0 aromatic carbocycles. The van der Waals surface area contributed by atoms with Crippen LogP contribution in [0.2, 0.25) is 0 Å². The van der Waals surface area contributed by atoms with Crippen molar-refractivity contribution in [3.63, 3.8) is 0 Å². The van der Waals surface area contributed by atoms with Crippen molar-refractivity contribution in [1.29, 1.82) is 0 Å². The van der Waals surface area contributed by atoms with E-state index < -0.39 is 23.5 Å². The third kappa shape index (κ3) is 11.0. The van der Waals surface area contributed by atoms with E-state index in [0.29, 0.717) is 5.57 Å². The lowest BCUT2D eigenvalue weighted by Gasteiger charge is -2.18. The molecule has 0 aliphatic rings. The van der Waals surface area contributed by atoms with Gasteiger partial charge in [0, 0.05) is 25.5 Å². The molecule has 108 valence electrons. The van der Waals surface area contributed by atoms with Crippen LogP contribution in [0.4, 0.5) is 0 Å². The molecule has 0 fully saturated rings. The van der Waals surface area contributed by atoms with Crippen LogP contribution in [0.1, 0.15) is 34.6 Å². The Labute approximate surface area is 112 Å². The highest BCUT2D eigenvalue weighted by Gasteiger charge is 2.15. The molecule has 0 saturated carbocycles. The first-order valence-electron chi connectivity index (χ1n) is 5.79. The zero-order chi connectivity index (χ0) is 15.1. The van der Waals surface area contributed by atoms with E-state index >= 15 is 0 Å². The summed E-state index contributed by atoms with van der Waals surface area (Å²) in [6.45, 7) is 7.45. The lowest BCUT2D eigenvalue weighted by Crippen LogP contribution is -2.23. The second kappa shape index (κ2) is 7.56. The number of rotatable bonds is 5. The van der Waals surface area contributed by atoms with E-state index in [0.717, 1.165) is 6.08 Å². The molecule has 0 aliphatic heterocycles. The number of carbonyl (C=O) groups is 3. The zero-order valence-corrected chi connectivity index (χ0v) is 11.9. The smallest absolute Gasteiger partial charge is 0.331 e. The second-order valence-corrected chi connectivity index (χ2v) is 4.90. The standard InChI is InChI=1S/C13H20O6/c1-9(14)17-7-11(8-18-10(2)15)6-12(16)19-13(3,4)5/h6H,7-8H2,1-5H3. The molecule has 0 aromatic heterocycles. The SMILES string of the molecule is CC(=O)OCC(=CC(=O)OC(C)(C)C)COC(C)=O. The number of ether oxygens (including phenoxy) is 3. The molecule has 0 atom stereocenters. The molecule has 0 amide bonds. The van der Waals surface area contributed by atoms with E-state index in [-0.39, 0.29) is 13.2 Å². The van der Waals surface area contributed by atoms with Crippen molar-refractivity contribution in [3.05, 3.63) is 11.6 Å². The molecule has 6 heteroatoms. The molecule has 0 aliphatic carbocycles. The van der Waals surface area contributed by atoms with Crippen LogP contribution in [-0.2, 0) is 28.6 Å². The quantitative estimate of drug-likeness (QED) is 0.427. The lowest BCUT2D eigenvalue weighted by atomic mass is 10.2. The fourth-order valence-corrected chi connectivity index (χ4v) is 1.01. The molecule has 6 nitrogen and oxygen atoms in total. The molecule has 0 saturated heterocycles. The summed E-state index contributed by atoms with van der Waals surface area (Å²) in [6, 6.07) is 0. The predicted molar refractivity (Wildman–Crippen MR) is 67.2 cm³/mol. The summed E-state index contributed by atoms with van der Waals surface area (Å²) in [5.41, 5.74) is -0.277. The van der Waals surface area contributed by atoms with Crippen molar-refractivity contribution >= 4 is 17.9 Å². The second-order valence-electron chi connectivity index (χ2n) is 4.90. The van der Waals surface area contributed by atoms with Gasteiger partial charge >= 0.3 is 17.9 Å². The van der Waals surface area contributed by atoms with Crippen LogP contribution in [0, 0.1) is 0 Å². The molecular formula is C13H20O6. The zero-order valence-electron chi connectivity index (χ0n) is 11.9. The van der Waals surface area contributed by atoms with Crippen LogP contribution in [0.15, 0.2) is 11.6 Å². The maximum atomic E-state index is 11.6. The van der Waals surface area contributed by atoms with Gasteiger partial charge in [0.05, 0.1) is 0 Å². The van der Waals surface area contributed by atoms with E-state index in [1.165, 1.54) is 13.8 Å².